The van der Waals surface area contributed by atoms with Gasteiger partial charge in [-0.3, -0.25) is 4.90 Å². The van der Waals surface area contributed by atoms with Gasteiger partial charge in [0, 0.05) is 25.2 Å². The fourth-order valence-electron chi connectivity index (χ4n) is 3.76. The van der Waals surface area contributed by atoms with E-state index < -0.39 is 0 Å². The summed E-state index contributed by atoms with van der Waals surface area (Å²) in [6, 6.07) is 19.0. The average molecular weight is 357 g/mol. The van der Waals surface area contributed by atoms with Crippen LogP contribution < -0.4 is 0 Å². The molecule has 0 aliphatic carbocycles. The van der Waals surface area contributed by atoms with Crippen LogP contribution in [0.1, 0.15) is 35.6 Å². The summed E-state index contributed by atoms with van der Waals surface area (Å²) in [6.45, 7) is 5.04. The monoisotopic (exact) mass is 357 g/mol. The minimum atomic E-state index is 0.380. The summed E-state index contributed by atoms with van der Waals surface area (Å²) in [6.07, 6.45) is 3.98. The third kappa shape index (κ3) is 3.91. The SMILES string of the molecule is Cc1ccc(-c2cnnn2C2CCN(Cc3cccc(C#N)c3)CC2)cc1. The molecule has 2 aromatic carbocycles. The number of aryl methyl sites for hydroxylation is 1. The molecule has 0 N–H and O–H groups in total. The van der Waals surface area contributed by atoms with Crippen LogP contribution in [0.4, 0.5) is 0 Å². The Kier molecular flexibility index (Phi) is 4.99. The van der Waals surface area contributed by atoms with E-state index in [0.717, 1.165) is 43.7 Å². The van der Waals surface area contributed by atoms with Crippen LogP contribution in [0.25, 0.3) is 11.3 Å². The van der Waals surface area contributed by atoms with E-state index in [4.69, 9.17) is 5.26 Å². The summed E-state index contributed by atoms with van der Waals surface area (Å²) in [4.78, 5) is 2.45. The first-order chi connectivity index (χ1) is 13.2. The number of hydrogen-bond acceptors (Lipinski definition) is 4. The Hall–Kier alpha value is -2.97. The molecule has 0 atom stereocenters. The largest absolute Gasteiger partial charge is 0.299 e. The van der Waals surface area contributed by atoms with Crippen molar-refractivity contribution in [2.45, 2.75) is 32.4 Å². The molecule has 2 heterocycles. The van der Waals surface area contributed by atoms with Crippen molar-refractivity contribution in [3.8, 4) is 17.3 Å². The topological polar surface area (TPSA) is 57.7 Å². The van der Waals surface area contributed by atoms with Crippen molar-refractivity contribution in [3.05, 3.63) is 71.4 Å². The molecule has 0 spiro atoms. The maximum atomic E-state index is 9.06. The summed E-state index contributed by atoms with van der Waals surface area (Å²) < 4.78 is 2.10. The lowest BCUT2D eigenvalue weighted by atomic mass is 10.0. The Balaban J connectivity index is 1.42. The van der Waals surface area contributed by atoms with Crippen LogP contribution in [0.5, 0.6) is 0 Å². The molecular weight excluding hydrogens is 334 g/mol. The van der Waals surface area contributed by atoms with Crippen molar-refractivity contribution in [3.63, 3.8) is 0 Å². The molecule has 0 radical (unpaired) electrons. The number of aromatic nitrogens is 3. The highest BCUT2D eigenvalue weighted by molar-refractivity contribution is 5.58. The van der Waals surface area contributed by atoms with E-state index in [1.165, 1.54) is 16.7 Å². The van der Waals surface area contributed by atoms with Crippen molar-refractivity contribution in [1.82, 2.24) is 19.9 Å². The molecule has 5 nitrogen and oxygen atoms in total. The summed E-state index contributed by atoms with van der Waals surface area (Å²) in [5, 5.41) is 17.6. The zero-order valence-electron chi connectivity index (χ0n) is 15.5. The predicted molar refractivity (Wildman–Crippen MR) is 105 cm³/mol. The fraction of sp³-hybridized carbons (Fsp3) is 0.318. The smallest absolute Gasteiger partial charge is 0.0991 e. The number of piperidine rings is 1. The van der Waals surface area contributed by atoms with E-state index in [2.05, 4.69) is 63.2 Å². The molecule has 1 saturated heterocycles. The van der Waals surface area contributed by atoms with Gasteiger partial charge >= 0.3 is 0 Å². The van der Waals surface area contributed by atoms with E-state index in [0.29, 0.717) is 6.04 Å². The van der Waals surface area contributed by atoms with Gasteiger partial charge in [0.05, 0.1) is 29.6 Å². The molecule has 1 aliphatic rings. The molecule has 0 bridgehead atoms. The van der Waals surface area contributed by atoms with Crippen LogP contribution in [-0.4, -0.2) is 33.0 Å². The standard InChI is InChI=1S/C22H23N5/c1-17-5-7-20(8-6-17)22-15-24-25-27(22)21-9-11-26(12-10-21)16-19-4-2-3-18(13-19)14-23/h2-8,13,15,21H,9-12,16H2,1H3. The highest BCUT2D eigenvalue weighted by Crippen LogP contribution is 2.28. The van der Waals surface area contributed by atoms with E-state index in [9.17, 15) is 0 Å². The van der Waals surface area contributed by atoms with E-state index in [1.807, 2.05) is 24.4 Å². The zero-order valence-corrected chi connectivity index (χ0v) is 15.5. The van der Waals surface area contributed by atoms with Crippen molar-refractivity contribution >= 4 is 0 Å². The van der Waals surface area contributed by atoms with Gasteiger partial charge in [0.2, 0.25) is 0 Å². The van der Waals surface area contributed by atoms with Gasteiger partial charge in [-0.15, -0.1) is 5.10 Å². The van der Waals surface area contributed by atoms with Gasteiger partial charge in [0.15, 0.2) is 0 Å². The molecule has 0 saturated carbocycles. The van der Waals surface area contributed by atoms with Gasteiger partial charge in [0.1, 0.15) is 0 Å². The van der Waals surface area contributed by atoms with Crippen LogP contribution >= 0.6 is 0 Å². The van der Waals surface area contributed by atoms with Crippen LogP contribution in [0, 0.1) is 18.3 Å². The Morgan fingerprint density at radius 3 is 2.63 bits per heavy atom. The lowest BCUT2D eigenvalue weighted by Gasteiger charge is -2.32. The molecule has 27 heavy (non-hydrogen) atoms. The first-order valence-electron chi connectivity index (χ1n) is 9.41. The second-order valence-corrected chi connectivity index (χ2v) is 7.25. The van der Waals surface area contributed by atoms with Crippen molar-refractivity contribution in [1.29, 1.82) is 5.26 Å². The fourth-order valence-corrected chi connectivity index (χ4v) is 3.76. The Bertz CT molecular complexity index is 943. The molecule has 5 heteroatoms. The van der Waals surface area contributed by atoms with Gasteiger partial charge < -0.3 is 0 Å². The number of nitriles is 1. The number of benzene rings is 2. The lowest BCUT2D eigenvalue weighted by molar-refractivity contribution is 0.173. The third-order valence-electron chi connectivity index (χ3n) is 5.29. The van der Waals surface area contributed by atoms with Gasteiger partial charge in [0.25, 0.3) is 0 Å². The summed E-state index contributed by atoms with van der Waals surface area (Å²) in [7, 11) is 0. The predicted octanol–water partition coefficient (Wildman–Crippen LogP) is 3.96. The molecular formula is C22H23N5. The second kappa shape index (κ2) is 7.73. The summed E-state index contributed by atoms with van der Waals surface area (Å²) in [5.74, 6) is 0. The maximum absolute atomic E-state index is 9.06. The Morgan fingerprint density at radius 1 is 1.11 bits per heavy atom. The average Bonchev–Trinajstić information content (AvgIpc) is 3.19. The molecule has 0 unspecified atom stereocenters. The minimum Gasteiger partial charge on any atom is -0.299 e. The Labute approximate surface area is 159 Å². The molecule has 4 rings (SSSR count). The van der Waals surface area contributed by atoms with Crippen molar-refractivity contribution in [2.24, 2.45) is 0 Å². The first-order valence-corrected chi connectivity index (χ1v) is 9.41. The van der Waals surface area contributed by atoms with Crippen molar-refractivity contribution in [2.75, 3.05) is 13.1 Å². The normalized spacial score (nSPS) is 15.6. The molecule has 0 amide bonds. The molecule has 1 aromatic heterocycles. The zero-order chi connectivity index (χ0) is 18.6. The van der Waals surface area contributed by atoms with E-state index >= 15 is 0 Å². The van der Waals surface area contributed by atoms with Crippen LogP contribution in [0.2, 0.25) is 0 Å². The third-order valence-corrected chi connectivity index (χ3v) is 5.29. The minimum absolute atomic E-state index is 0.380. The maximum Gasteiger partial charge on any atom is 0.0991 e. The van der Waals surface area contributed by atoms with Gasteiger partial charge in [-0.25, -0.2) is 4.68 Å². The molecule has 1 aliphatic heterocycles. The number of likely N-dealkylation sites (tertiary alicyclic amines) is 1. The number of rotatable bonds is 4. The van der Waals surface area contributed by atoms with Crippen LogP contribution in [0.15, 0.2) is 54.7 Å². The highest BCUT2D eigenvalue weighted by Gasteiger charge is 2.23. The molecule has 3 aromatic rings. The Morgan fingerprint density at radius 2 is 1.89 bits per heavy atom. The van der Waals surface area contributed by atoms with Gasteiger partial charge in [-0.2, -0.15) is 5.26 Å². The van der Waals surface area contributed by atoms with Crippen LogP contribution in [0.3, 0.4) is 0 Å². The van der Waals surface area contributed by atoms with Crippen LogP contribution in [-0.2, 0) is 6.54 Å². The quantitative estimate of drug-likeness (QED) is 0.709. The summed E-state index contributed by atoms with van der Waals surface area (Å²) >= 11 is 0. The van der Waals surface area contributed by atoms with E-state index in [-0.39, 0.29) is 0 Å². The van der Waals surface area contributed by atoms with Gasteiger partial charge in [-0.1, -0.05) is 47.2 Å². The lowest BCUT2D eigenvalue weighted by Crippen LogP contribution is -2.34. The first kappa shape index (κ1) is 17.4. The second-order valence-electron chi connectivity index (χ2n) is 7.25. The molecule has 1 fully saturated rings. The summed E-state index contributed by atoms with van der Waals surface area (Å²) in [5.41, 5.74) is 5.45. The van der Waals surface area contributed by atoms with Crippen molar-refractivity contribution < 1.29 is 0 Å². The molecule has 136 valence electrons. The van der Waals surface area contributed by atoms with E-state index in [1.54, 1.807) is 0 Å². The highest BCUT2D eigenvalue weighted by atomic mass is 15.4. The number of nitrogens with zero attached hydrogens (tertiary/aromatic N) is 5. The van der Waals surface area contributed by atoms with Gasteiger partial charge in [-0.05, 0) is 37.5 Å². The number of hydrogen-bond donors (Lipinski definition) is 0.